The van der Waals surface area contributed by atoms with Crippen LogP contribution in [0, 0.1) is 0 Å². The van der Waals surface area contributed by atoms with Crippen LogP contribution in [0.4, 0.5) is 0 Å². The van der Waals surface area contributed by atoms with Crippen molar-refractivity contribution in [2.45, 2.75) is 32.2 Å². The highest BCUT2D eigenvalue weighted by molar-refractivity contribution is 7.87. The summed E-state index contributed by atoms with van der Waals surface area (Å²) in [7, 11) is -3.45. The predicted molar refractivity (Wildman–Crippen MR) is 78.8 cm³/mol. The lowest BCUT2D eigenvalue weighted by molar-refractivity contribution is 0.414. The lowest BCUT2D eigenvalue weighted by Crippen LogP contribution is -2.41. The van der Waals surface area contributed by atoms with Gasteiger partial charge in [-0.05, 0) is 25.0 Å². The van der Waals surface area contributed by atoms with Gasteiger partial charge in [0.1, 0.15) is 0 Å². The number of pyridine rings is 1. The average molecular weight is 309 g/mol. The summed E-state index contributed by atoms with van der Waals surface area (Å²) in [5.41, 5.74) is 0.710. The van der Waals surface area contributed by atoms with Crippen LogP contribution in [0.3, 0.4) is 0 Å². The molecular formula is C13H19N5O2S. The Morgan fingerprint density at radius 1 is 1.10 bits per heavy atom. The molecule has 3 rings (SSSR count). The van der Waals surface area contributed by atoms with E-state index in [0.717, 1.165) is 25.7 Å². The molecule has 2 aromatic rings. The van der Waals surface area contributed by atoms with Crippen molar-refractivity contribution >= 4 is 15.9 Å². The number of rotatable bonds is 4. The molecule has 0 amide bonds. The quantitative estimate of drug-likeness (QED) is 0.911. The van der Waals surface area contributed by atoms with Crippen LogP contribution in [-0.2, 0) is 16.8 Å². The van der Waals surface area contributed by atoms with E-state index < -0.39 is 10.2 Å². The molecule has 0 spiro atoms. The van der Waals surface area contributed by atoms with Crippen LogP contribution in [0.5, 0.6) is 0 Å². The molecule has 21 heavy (non-hydrogen) atoms. The van der Waals surface area contributed by atoms with Crippen molar-refractivity contribution in [2.75, 3.05) is 13.1 Å². The Labute approximate surface area is 124 Å². The number of hydrogen-bond acceptors (Lipinski definition) is 4. The molecule has 2 aromatic heterocycles. The van der Waals surface area contributed by atoms with E-state index >= 15 is 0 Å². The van der Waals surface area contributed by atoms with Gasteiger partial charge >= 0.3 is 0 Å². The van der Waals surface area contributed by atoms with Crippen LogP contribution in [0.2, 0.25) is 0 Å². The minimum absolute atomic E-state index is 0.143. The highest BCUT2D eigenvalue weighted by Gasteiger charge is 2.23. The third kappa shape index (κ3) is 3.22. The Bertz CT molecular complexity index is 704. The second-order valence-corrected chi connectivity index (χ2v) is 6.94. The largest absolute Gasteiger partial charge is 0.285 e. The summed E-state index contributed by atoms with van der Waals surface area (Å²) in [4.78, 5) is 0. The van der Waals surface area contributed by atoms with Gasteiger partial charge < -0.3 is 0 Å². The number of nitrogens with one attached hydrogen (secondary N) is 1. The van der Waals surface area contributed by atoms with E-state index in [9.17, 15) is 8.42 Å². The summed E-state index contributed by atoms with van der Waals surface area (Å²) in [6, 6.07) is 5.57. The molecule has 1 saturated heterocycles. The summed E-state index contributed by atoms with van der Waals surface area (Å²) < 4.78 is 30.6. The molecule has 1 aliphatic rings. The van der Waals surface area contributed by atoms with Crippen LogP contribution in [0.15, 0.2) is 24.4 Å². The van der Waals surface area contributed by atoms with E-state index in [4.69, 9.17) is 0 Å². The van der Waals surface area contributed by atoms with Crippen molar-refractivity contribution in [1.29, 1.82) is 0 Å². The number of fused-ring (bicyclic) bond motifs is 1. The molecule has 0 bridgehead atoms. The van der Waals surface area contributed by atoms with Gasteiger partial charge in [-0.25, -0.2) is 0 Å². The molecule has 0 radical (unpaired) electrons. The molecule has 0 saturated carbocycles. The van der Waals surface area contributed by atoms with E-state index in [0.29, 0.717) is 24.6 Å². The van der Waals surface area contributed by atoms with Gasteiger partial charge in [0, 0.05) is 19.3 Å². The second-order valence-electron chi connectivity index (χ2n) is 5.18. The van der Waals surface area contributed by atoms with Crippen molar-refractivity contribution < 1.29 is 8.42 Å². The molecule has 1 N–H and O–H groups in total. The van der Waals surface area contributed by atoms with Gasteiger partial charge in [-0.15, -0.1) is 10.2 Å². The lowest BCUT2D eigenvalue weighted by atomic mass is 10.2. The molecule has 3 heterocycles. The molecule has 0 unspecified atom stereocenters. The Hall–Kier alpha value is -1.51. The van der Waals surface area contributed by atoms with Crippen molar-refractivity contribution in [3.8, 4) is 0 Å². The van der Waals surface area contributed by atoms with E-state index in [1.165, 1.54) is 4.31 Å². The third-order valence-electron chi connectivity index (χ3n) is 3.70. The maximum Gasteiger partial charge on any atom is 0.279 e. The zero-order valence-corrected chi connectivity index (χ0v) is 12.6. The fourth-order valence-corrected chi connectivity index (χ4v) is 3.77. The first-order chi connectivity index (χ1) is 10.2. The van der Waals surface area contributed by atoms with E-state index in [-0.39, 0.29) is 6.54 Å². The minimum atomic E-state index is -3.45. The van der Waals surface area contributed by atoms with Gasteiger partial charge in [0.2, 0.25) is 0 Å². The summed E-state index contributed by atoms with van der Waals surface area (Å²) in [5.74, 6) is 0.587. The standard InChI is InChI=1S/C13H19N5O2S/c19-21(20,17-8-4-1-2-5-9-17)14-11-13-16-15-12-7-3-6-10-18(12)13/h3,6-7,10,14H,1-2,4-5,8-9,11H2. The van der Waals surface area contributed by atoms with Crippen molar-refractivity contribution in [3.63, 3.8) is 0 Å². The monoisotopic (exact) mass is 309 g/mol. The first kappa shape index (κ1) is 14.4. The third-order valence-corrected chi connectivity index (χ3v) is 5.26. The SMILES string of the molecule is O=S(=O)(NCc1nnc2ccccn12)N1CCCCCC1. The first-order valence-electron chi connectivity index (χ1n) is 7.20. The number of hydrogen-bond donors (Lipinski definition) is 1. The Morgan fingerprint density at radius 3 is 2.62 bits per heavy atom. The highest BCUT2D eigenvalue weighted by Crippen LogP contribution is 2.12. The molecule has 1 aliphatic heterocycles. The normalized spacial score (nSPS) is 17.9. The van der Waals surface area contributed by atoms with Crippen LogP contribution in [-0.4, -0.2) is 40.4 Å². The lowest BCUT2D eigenvalue weighted by Gasteiger charge is -2.19. The van der Waals surface area contributed by atoms with Crippen molar-refractivity contribution in [3.05, 3.63) is 30.2 Å². The predicted octanol–water partition coefficient (Wildman–Crippen LogP) is 0.940. The Morgan fingerprint density at radius 2 is 1.86 bits per heavy atom. The smallest absolute Gasteiger partial charge is 0.279 e. The summed E-state index contributed by atoms with van der Waals surface area (Å²) in [6.07, 6.45) is 5.87. The number of aromatic nitrogens is 3. The summed E-state index contributed by atoms with van der Waals surface area (Å²) in [6.45, 7) is 1.33. The van der Waals surface area contributed by atoms with Gasteiger partial charge in [0.15, 0.2) is 11.5 Å². The van der Waals surface area contributed by atoms with Crippen LogP contribution in [0.1, 0.15) is 31.5 Å². The van der Waals surface area contributed by atoms with Gasteiger partial charge in [-0.2, -0.15) is 17.4 Å². The molecule has 0 aliphatic carbocycles. The van der Waals surface area contributed by atoms with E-state index in [1.54, 1.807) is 4.40 Å². The average Bonchev–Trinajstić information content (AvgIpc) is 2.70. The maximum absolute atomic E-state index is 12.3. The second kappa shape index (κ2) is 6.08. The fourth-order valence-electron chi connectivity index (χ4n) is 2.54. The van der Waals surface area contributed by atoms with Gasteiger partial charge in [-0.3, -0.25) is 4.40 Å². The topological polar surface area (TPSA) is 79.6 Å². The van der Waals surface area contributed by atoms with Crippen LogP contribution >= 0.6 is 0 Å². The van der Waals surface area contributed by atoms with Crippen LogP contribution in [0.25, 0.3) is 5.65 Å². The van der Waals surface area contributed by atoms with Crippen LogP contribution < -0.4 is 4.72 Å². The molecule has 0 atom stereocenters. The first-order valence-corrected chi connectivity index (χ1v) is 8.64. The van der Waals surface area contributed by atoms with E-state index in [1.807, 2.05) is 24.4 Å². The van der Waals surface area contributed by atoms with Crippen molar-refractivity contribution in [1.82, 2.24) is 23.6 Å². The highest BCUT2D eigenvalue weighted by atomic mass is 32.2. The Kier molecular flexibility index (Phi) is 4.18. The molecule has 114 valence electrons. The van der Waals surface area contributed by atoms with Gasteiger partial charge in [0.25, 0.3) is 10.2 Å². The van der Waals surface area contributed by atoms with Gasteiger partial charge in [0.05, 0.1) is 6.54 Å². The molecule has 8 heteroatoms. The fraction of sp³-hybridized carbons (Fsp3) is 0.538. The molecule has 7 nitrogen and oxygen atoms in total. The number of nitrogens with zero attached hydrogens (tertiary/aromatic N) is 4. The Balaban J connectivity index is 1.71. The van der Waals surface area contributed by atoms with Gasteiger partial charge in [-0.1, -0.05) is 18.9 Å². The summed E-state index contributed by atoms with van der Waals surface area (Å²) in [5, 5.41) is 8.04. The van der Waals surface area contributed by atoms with E-state index in [2.05, 4.69) is 14.9 Å². The molecular weight excluding hydrogens is 290 g/mol. The minimum Gasteiger partial charge on any atom is -0.285 e. The molecule has 1 fully saturated rings. The summed E-state index contributed by atoms with van der Waals surface area (Å²) >= 11 is 0. The zero-order chi connectivity index (χ0) is 14.7. The maximum atomic E-state index is 12.3. The van der Waals surface area contributed by atoms with Crippen molar-refractivity contribution in [2.24, 2.45) is 0 Å². The zero-order valence-electron chi connectivity index (χ0n) is 11.8. The molecule has 0 aromatic carbocycles.